The van der Waals surface area contributed by atoms with E-state index >= 15 is 0 Å². The summed E-state index contributed by atoms with van der Waals surface area (Å²) >= 11 is 0. The summed E-state index contributed by atoms with van der Waals surface area (Å²) in [6.07, 6.45) is 0.785. The Balaban J connectivity index is 1.84. The van der Waals surface area contributed by atoms with E-state index in [1.165, 1.54) is 0 Å². The van der Waals surface area contributed by atoms with Crippen LogP contribution in [0.1, 0.15) is 47.5 Å². The fourth-order valence-electron chi connectivity index (χ4n) is 6.26. The third-order valence-corrected chi connectivity index (χ3v) is 7.00. The number of aliphatic hydroxyl groups is 1. The molecule has 2 heterocycles. The summed E-state index contributed by atoms with van der Waals surface area (Å²) in [5.41, 5.74) is -0.0465. The molecule has 0 unspecified atom stereocenters. The molecule has 0 aromatic carbocycles. The zero-order valence-corrected chi connectivity index (χ0v) is 15.0. The number of rotatable bonds is 1. The molecule has 5 nitrogen and oxygen atoms in total. The number of aliphatic hydroxyl groups excluding tert-OH is 1. The SMILES string of the molecule is CO[C@@H]1O[C@H]2CCC(C)(C)[C@@H]3[C@@H]4OC(C)(C)O[C@@H]4[C@@H](O)[C@@H]1[C@@]23C. The summed E-state index contributed by atoms with van der Waals surface area (Å²) in [6, 6.07) is 0. The third-order valence-electron chi connectivity index (χ3n) is 7.00. The molecule has 132 valence electrons. The van der Waals surface area contributed by atoms with Crippen LogP contribution in [-0.2, 0) is 18.9 Å². The minimum absolute atomic E-state index is 0.0826. The lowest BCUT2D eigenvalue weighted by molar-refractivity contribution is -0.198. The van der Waals surface area contributed by atoms with E-state index in [4.69, 9.17) is 18.9 Å². The first-order chi connectivity index (χ1) is 10.6. The first-order valence-corrected chi connectivity index (χ1v) is 8.84. The van der Waals surface area contributed by atoms with E-state index < -0.39 is 11.9 Å². The highest BCUT2D eigenvalue weighted by Crippen LogP contribution is 2.66. The smallest absolute Gasteiger partial charge is 0.163 e. The zero-order chi connectivity index (χ0) is 16.8. The van der Waals surface area contributed by atoms with Crippen LogP contribution in [0.3, 0.4) is 0 Å². The highest BCUT2D eigenvalue weighted by Gasteiger charge is 2.73. The topological polar surface area (TPSA) is 57.2 Å². The lowest BCUT2D eigenvalue weighted by atomic mass is 9.46. The molecule has 2 saturated carbocycles. The maximum atomic E-state index is 11.1. The van der Waals surface area contributed by atoms with Gasteiger partial charge in [0.25, 0.3) is 0 Å². The van der Waals surface area contributed by atoms with E-state index in [0.29, 0.717) is 0 Å². The summed E-state index contributed by atoms with van der Waals surface area (Å²) < 4.78 is 24.3. The summed E-state index contributed by atoms with van der Waals surface area (Å²) in [5, 5.41) is 11.1. The van der Waals surface area contributed by atoms with Crippen molar-refractivity contribution in [3.05, 3.63) is 0 Å². The van der Waals surface area contributed by atoms with Gasteiger partial charge in [0.1, 0.15) is 6.10 Å². The Bertz CT molecular complexity index is 504. The van der Waals surface area contributed by atoms with Gasteiger partial charge in [-0.25, -0.2) is 0 Å². The van der Waals surface area contributed by atoms with E-state index in [0.717, 1.165) is 12.8 Å². The van der Waals surface area contributed by atoms with Crippen LogP contribution >= 0.6 is 0 Å². The first kappa shape index (κ1) is 16.3. The summed E-state index contributed by atoms with van der Waals surface area (Å²) in [4.78, 5) is 0. The van der Waals surface area contributed by atoms with E-state index in [1.54, 1.807) is 7.11 Å². The molecule has 4 aliphatic rings. The van der Waals surface area contributed by atoms with Gasteiger partial charge in [0, 0.05) is 24.4 Å². The van der Waals surface area contributed by atoms with Crippen molar-refractivity contribution >= 4 is 0 Å². The van der Waals surface area contributed by atoms with Gasteiger partial charge in [-0.15, -0.1) is 0 Å². The molecule has 0 amide bonds. The second-order valence-corrected chi connectivity index (χ2v) is 9.18. The Kier molecular flexibility index (Phi) is 3.33. The molecule has 5 heteroatoms. The highest BCUT2D eigenvalue weighted by molar-refractivity contribution is 5.18. The number of hydrogen-bond acceptors (Lipinski definition) is 5. The van der Waals surface area contributed by atoms with Gasteiger partial charge in [0.05, 0.1) is 18.3 Å². The van der Waals surface area contributed by atoms with Gasteiger partial charge in [0.15, 0.2) is 12.1 Å². The van der Waals surface area contributed by atoms with Crippen molar-refractivity contribution in [3.63, 3.8) is 0 Å². The predicted octanol–water partition coefficient (Wildman–Crippen LogP) is 2.31. The normalized spacial score (nSPS) is 56.2. The van der Waals surface area contributed by atoms with Crippen molar-refractivity contribution in [2.75, 3.05) is 7.11 Å². The molecule has 2 aliphatic carbocycles. The Morgan fingerprint density at radius 2 is 1.70 bits per heavy atom. The van der Waals surface area contributed by atoms with Crippen LogP contribution in [0.4, 0.5) is 0 Å². The van der Waals surface area contributed by atoms with Crippen LogP contribution in [0, 0.1) is 22.7 Å². The number of hydrogen-bond donors (Lipinski definition) is 1. The van der Waals surface area contributed by atoms with Gasteiger partial charge < -0.3 is 24.1 Å². The van der Waals surface area contributed by atoms with E-state index in [1.807, 2.05) is 13.8 Å². The molecule has 0 spiro atoms. The number of ether oxygens (including phenoxy) is 4. The van der Waals surface area contributed by atoms with Crippen LogP contribution in [-0.4, -0.2) is 48.7 Å². The maximum absolute atomic E-state index is 11.1. The van der Waals surface area contributed by atoms with E-state index in [9.17, 15) is 5.11 Å². The second kappa shape index (κ2) is 4.70. The average molecular weight is 326 g/mol. The molecule has 8 atom stereocenters. The molecule has 0 aromatic heterocycles. The Labute approximate surface area is 138 Å². The lowest BCUT2D eigenvalue weighted by Crippen LogP contribution is -2.66. The van der Waals surface area contributed by atoms with E-state index in [-0.39, 0.29) is 47.3 Å². The molecular formula is C18H30O5. The molecule has 2 aliphatic heterocycles. The molecule has 0 bridgehead atoms. The van der Waals surface area contributed by atoms with Gasteiger partial charge in [-0.2, -0.15) is 0 Å². The fraction of sp³-hybridized carbons (Fsp3) is 1.00. The minimum atomic E-state index is -0.655. The van der Waals surface area contributed by atoms with Crippen molar-refractivity contribution in [1.29, 1.82) is 0 Å². The molecule has 4 fully saturated rings. The Morgan fingerprint density at radius 1 is 1.04 bits per heavy atom. The van der Waals surface area contributed by atoms with Crippen molar-refractivity contribution in [1.82, 2.24) is 0 Å². The Hall–Kier alpha value is -0.200. The highest BCUT2D eigenvalue weighted by atomic mass is 16.8. The molecule has 4 rings (SSSR count). The predicted molar refractivity (Wildman–Crippen MR) is 83.6 cm³/mol. The van der Waals surface area contributed by atoms with Crippen molar-refractivity contribution < 1.29 is 24.1 Å². The van der Waals surface area contributed by atoms with Crippen molar-refractivity contribution in [2.45, 2.75) is 84.0 Å². The van der Waals surface area contributed by atoms with Crippen LogP contribution in [0.25, 0.3) is 0 Å². The van der Waals surface area contributed by atoms with Crippen LogP contribution in [0.2, 0.25) is 0 Å². The summed E-state index contributed by atoms with van der Waals surface area (Å²) in [6.45, 7) is 10.8. The largest absolute Gasteiger partial charge is 0.390 e. The Morgan fingerprint density at radius 3 is 2.35 bits per heavy atom. The number of fused-ring (bicyclic) bond motifs is 2. The van der Waals surface area contributed by atoms with Crippen LogP contribution < -0.4 is 0 Å². The molecule has 23 heavy (non-hydrogen) atoms. The quantitative estimate of drug-likeness (QED) is 0.801. The van der Waals surface area contributed by atoms with Gasteiger partial charge in [-0.3, -0.25) is 0 Å². The number of methoxy groups -OCH3 is 1. The van der Waals surface area contributed by atoms with Crippen LogP contribution in [0.5, 0.6) is 0 Å². The van der Waals surface area contributed by atoms with Gasteiger partial charge in [0.2, 0.25) is 0 Å². The molecule has 1 N–H and O–H groups in total. The average Bonchev–Trinajstić information content (AvgIpc) is 2.90. The van der Waals surface area contributed by atoms with Crippen molar-refractivity contribution in [2.24, 2.45) is 22.7 Å². The molecule has 0 radical (unpaired) electrons. The summed E-state index contributed by atoms with van der Waals surface area (Å²) in [5.74, 6) is -0.465. The maximum Gasteiger partial charge on any atom is 0.163 e. The van der Waals surface area contributed by atoms with Gasteiger partial charge >= 0.3 is 0 Å². The molecule has 0 aromatic rings. The van der Waals surface area contributed by atoms with Crippen molar-refractivity contribution in [3.8, 4) is 0 Å². The lowest BCUT2D eigenvalue weighted by Gasteiger charge is -2.59. The molecule has 2 saturated heterocycles. The van der Waals surface area contributed by atoms with Gasteiger partial charge in [-0.1, -0.05) is 20.8 Å². The molecular weight excluding hydrogens is 296 g/mol. The minimum Gasteiger partial charge on any atom is -0.390 e. The second-order valence-electron chi connectivity index (χ2n) is 9.18. The first-order valence-electron chi connectivity index (χ1n) is 8.84. The van der Waals surface area contributed by atoms with E-state index in [2.05, 4.69) is 20.8 Å². The third kappa shape index (κ3) is 1.97. The van der Waals surface area contributed by atoms with Gasteiger partial charge in [-0.05, 0) is 32.1 Å². The monoisotopic (exact) mass is 326 g/mol. The summed E-state index contributed by atoms with van der Waals surface area (Å²) in [7, 11) is 1.67. The standard InChI is InChI=1S/C18H30O5/c1-16(2)8-7-9-18(5)10(15(20-6)21-9)11(19)12-13(14(16)18)23-17(3,4)22-12/h9-15,19H,7-8H2,1-6H3/t9-,10-,11-,12+,13+,14-,15+,18+/m0/s1. The van der Waals surface area contributed by atoms with Crippen LogP contribution in [0.15, 0.2) is 0 Å². The zero-order valence-electron chi connectivity index (χ0n) is 15.0. The fourth-order valence-corrected chi connectivity index (χ4v) is 6.26.